The summed E-state index contributed by atoms with van der Waals surface area (Å²) in [6.45, 7) is 0.335. The molecule has 0 aliphatic heterocycles. The molecule has 0 unspecified atom stereocenters. The van der Waals surface area contributed by atoms with Gasteiger partial charge in [0.25, 0.3) is 15.5 Å². The molecule has 0 heterocycles. The Morgan fingerprint density at radius 3 is 2.33 bits per heavy atom. The van der Waals surface area contributed by atoms with Gasteiger partial charge in [-0.2, -0.15) is 13.2 Å². The molecule has 0 saturated heterocycles. The Morgan fingerprint density at radius 2 is 1.78 bits per heavy atom. The fourth-order valence-electron chi connectivity index (χ4n) is 2.21. The number of ether oxygens (including phenoxy) is 1. The minimum absolute atomic E-state index is 0.0298. The van der Waals surface area contributed by atoms with Gasteiger partial charge in [-0.25, -0.2) is 8.42 Å². The van der Waals surface area contributed by atoms with Gasteiger partial charge in [0, 0.05) is 13.1 Å². The van der Waals surface area contributed by atoms with Crippen LogP contribution in [0.1, 0.15) is 0 Å². The number of hydrogen-bond donors (Lipinski definition) is 0. The van der Waals surface area contributed by atoms with Crippen molar-refractivity contribution in [3.05, 3.63) is 58.6 Å². The predicted molar refractivity (Wildman–Crippen MR) is 91.5 cm³/mol. The zero-order valence-electron chi connectivity index (χ0n) is 14.0. The first-order valence-electron chi connectivity index (χ1n) is 7.53. The number of nitrogens with zero attached hydrogens (tertiary/aromatic N) is 2. The highest BCUT2D eigenvalue weighted by molar-refractivity contribution is 7.92. The van der Waals surface area contributed by atoms with Crippen LogP contribution in [-0.2, 0) is 9.84 Å². The summed E-state index contributed by atoms with van der Waals surface area (Å²) in [5.74, 6) is 0.590. The lowest BCUT2D eigenvalue weighted by atomic mass is 10.2. The molecule has 0 spiro atoms. The van der Waals surface area contributed by atoms with Gasteiger partial charge in [0.05, 0.1) is 16.4 Å². The van der Waals surface area contributed by atoms with E-state index in [1.807, 2.05) is 0 Å². The summed E-state index contributed by atoms with van der Waals surface area (Å²) in [5, 5.41) is 11.2. The van der Waals surface area contributed by atoms with Crippen molar-refractivity contribution in [2.24, 2.45) is 0 Å². The second-order valence-electron chi connectivity index (χ2n) is 5.44. The third-order valence-electron chi connectivity index (χ3n) is 3.61. The Labute approximate surface area is 153 Å². The lowest BCUT2D eigenvalue weighted by Crippen LogP contribution is -2.26. The van der Waals surface area contributed by atoms with Gasteiger partial charge in [-0.1, -0.05) is 18.2 Å². The Bertz CT molecular complexity index is 917. The van der Waals surface area contributed by atoms with E-state index in [0.29, 0.717) is 17.9 Å². The molecule has 27 heavy (non-hydrogen) atoms. The minimum atomic E-state index is -5.68. The first kappa shape index (κ1) is 20.5. The molecule has 146 valence electrons. The second-order valence-corrected chi connectivity index (χ2v) is 7.38. The number of hydrogen-bond acceptors (Lipinski definition) is 6. The van der Waals surface area contributed by atoms with Crippen molar-refractivity contribution >= 4 is 21.2 Å². The second kappa shape index (κ2) is 7.82. The number of sulfone groups is 1. The molecule has 0 aliphatic rings. The van der Waals surface area contributed by atoms with Crippen LogP contribution in [0, 0.1) is 10.1 Å². The van der Waals surface area contributed by atoms with Crippen LogP contribution in [0.4, 0.5) is 24.5 Å². The lowest BCUT2D eigenvalue weighted by Gasteiger charge is -2.20. The van der Waals surface area contributed by atoms with Crippen molar-refractivity contribution < 1.29 is 31.2 Å². The molecule has 0 fully saturated rings. The third kappa shape index (κ3) is 4.67. The molecule has 0 radical (unpaired) electrons. The number of para-hydroxylation sites is 1. The maximum absolute atomic E-state index is 12.7. The van der Waals surface area contributed by atoms with E-state index in [0.717, 1.165) is 6.07 Å². The summed E-state index contributed by atoms with van der Waals surface area (Å²) in [6.07, 6.45) is 0. The molecule has 0 bridgehead atoms. The maximum atomic E-state index is 12.7. The van der Waals surface area contributed by atoms with Gasteiger partial charge in [0.2, 0.25) is 0 Å². The standard InChI is InChI=1S/C16H15F3N2O5S/c1-20(9-10-26-12-5-3-2-4-6-12)14-8-7-13(11-15(14)21(22)23)27(24,25)16(17,18)19/h2-8,11H,9-10H2,1H3. The van der Waals surface area contributed by atoms with Crippen LogP contribution in [0.2, 0.25) is 0 Å². The first-order chi connectivity index (χ1) is 12.5. The average molecular weight is 404 g/mol. The number of likely N-dealkylation sites (N-methyl/N-ethyl adjacent to an activating group) is 1. The number of nitro groups is 1. The van der Waals surface area contributed by atoms with Crippen LogP contribution < -0.4 is 9.64 Å². The van der Waals surface area contributed by atoms with Crippen LogP contribution in [0.5, 0.6) is 5.75 Å². The van der Waals surface area contributed by atoms with Crippen molar-refractivity contribution in [2.75, 3.05) is 25.1 Å². The Hall–Kier alpha value is -2.82. The van der Waals surface area contributed by atoms with E-state index in [1.165, 1.54) is 11.9 Å². The van der Waals surface area contributed by atoms with Crippen molar-refractivity contribution in [2.45, 2.75) is 10.4 Å². The number of rotatable bonds is 7. The highest BCUT2D eigenvalue weighted by Gasteiger charge is 2.47. The van der Waals surface area contributed by atoms with E-state index in [1.54, 1.807) is 30.3 Å². The Kier molecular flexibility index (Phi) is 5.94. The number of benzene rings is 2. The minimum Gasteiger partial charge on any atom is -0.492 e. The summed E-state index contributed by atoms with van der Waals surface area (Å²) in [4.78, 5) is 10.5. The van der Waals surface area contributed by atoms with Gasteiger partial charge in [-0.3, -0.25) is 10.1 Å². The number of anilines is 1. The van der Waals surface area contributed by atoms with Crippen molar-refractivity contribution in [3.63, 3.8) is 0 Å². The van der Waals surface area contributed by atoms with Gasteiger partial charge in [-0.15, -0.1) is 0 Å². The highest BCUT2D eigenvalue weighted by atomic mass is 32.2. The molecule has 2 aromatic rings. The maximum Gasteiger partial charge on any atom is 0.501 e. The molecule has 0 aliphatic carbocycles. The zero-order valence-corrected chi connectivity index (χ0v) is 14.8. The van der Waals surface area contributed by atoms with Crippen LogP contribution >= 0.6 is 0 Å². The summed E-state index contributed by atoms with van der Waals surface area (Å²) >= 11 is 0. The summed E-state index contributed by atoms with van der Waals surface area (Å²) in [6, 6.07) is 10.9. The molecule has 0 saturated carbocycles. The average Bonchev–Trinajstić information content (AvgIpc) is 2.61. The van der Waals surface area contributed by atoms with Gasteiger partial charge in [0.1, 0.15) is 18.0 Å². The van der Waals surface area contributed by atoms with Crippen LogP contribution in [0.3, 0.4) is 0 Å². The third-order valence-corrected chi connectivity index (χ3v) is 5.09. The van der Waals surface area contributed by atoms with E-state index >= 15 is 0 Å². The highest BCUT2D eigenvalue weighted by Crippen LogP contribution is 2.35. The zero-order chi connectivity index (χ0) is 20.2. The van der Waals surface area contributed by atoms with Crippen LogP contribution in [0.25, 0.3) is 0 Å². The van der Waals surface area contributed by atoms with Gasteiger partial charge in [0.15, 0.2) is 0 Å². The SMILES string of the molecule is CN(CCOc1ccccc1)c1ccc(S(=O)(=O)C(F)(F)F)cc1[N+](=O)[O-]. The lowest BCUT2D eigenvalue weighted by molar-refractivity contribution is -0.384. The normalized spacial score (nSPS) is 11.9. The summed E-state index contributed by atoms with van der Waals surface area (Å²) in [7, 11) is -4.19. The van der Waals surface area contributed by atoms with Crippen LogP contribution in [0.15, 0.2) is 53.4 Å². The van der Waals surface area contributed by atoms with Gasteiger partial charge in [-0.05, 0) is 24.3 Å². The van der Waals surface area contributed by atoms with Crippen molar-refractivity contribution in [1.82, 2.24) is 0 Å². The molecule has 0 aromatic heterocycles. The molecular formula is C16H15F3N2O5S. The van der Waals surface area contributed by atoms with E-state index in [-0.39, 0.29) is 18.8 Å². The number of halogens is 3. The quantitative estimate of drug-likeness (QED) is 0.519. The van der Waals surface area contributed by atoms with E-state index in [9.17, 15) is 31.7 Å². The first-order valence-corrected chi connectivity index (χ1v) is 9.01. The van der Waals surface area contributed by atoms with Crippen molar-refractivity contribution in [3.8, 4) is 5.75 Å². The largest absolute Gasteiger partial charge is 0.501 e. The van der Waals surface area contributed by atoms with Crippen LogP contribution in [-0.4, -0.2) is 39.0 Å². The molecule has 11 heteroatoms. The predicted octanol–water partition coefficient (Wildman–Crippen LogP) is 3.40. The summed E-state index contributed by atoms with van der Waals surface area (Å²) in [5.41, 5.74) is -6.32. The smallest absolute Gasteiger partial charge is 0.492 e. The van der Waals surface area contributed by atoms with E-state index < -0.39 is 30.9 Å². The molecular weight excluding hydrogens is 389 g/mol. The summed E-state index contributed by atoms with van der Waals surface area (Å²) < 4.78 is 66.3. The topological polar surface area (TPSA) is 89.8 Å². The van der Waals surface area contributed by atoms with E-state index in [4.69, 9.17) is 4.74 Å². The Morgan fingerprint density at radius 1 is 1.15 bits per heavy atom. The monoisotopic (exact) mass is 404 g/mol. The van der Waals surface area contributed by atoms with Gasteiger partial charge >= 0.3 is 5.51 Å². The van der Waals surface area contributed by atoms with E-state index in [2.05, 4.69) is 0 Å². The Balaban J connectivity index is 2.22. The number of alkyl halides is 3. The van der Waals surface area contributed by atoms with Crippen molar-refractivity contribution in [1.29, 1.82) is 0 Å². The van der Waals surface area contributed by atoms with Gasteiger partial charge < -0.3 is 9.64 Å². The molecule has 0 N–H and O–H groups in total. The molecule has 2 aromatic carbocycles. The fraction of sp³-hybridized carbons (Fsp3) is 0.250. The number of nitro benzene ring substituents is 1. The molecule has 0 amide bonds. The molecule has 2 rings (SSSR count). The molecule has 7 nitrogen and oxygen atoms in total. The molecule has 0 atom stereocenters. The fourth-order valence-corrected chi connectivity index (χ4v) is 2.99.